The van der Waals surface area contributed by atoms with Crippen molar-refractivity contribution in [3.63, 3.8) is 0 Å². The second-order valence-electron chi connectivity index (χ2n) is 4.35. The highest BCUT2D eigenvalue weighted by atomic mass is 32.2. The fraction of sp³-hybridized carbons (Fsp3) is 0.467. The lowest BCUT2D eigenvalue weighted by atomic mass is 10.2. The number of hydrogen-bond donors (Lipinski definition) is 1. The summed E-state index contributed by atoms with van der Waals surface area (Å²) in [6, 6.07) is 6.82. The van der Waals surface area contributed by atoms with E-state index in [1.807, 2.05) is 18.7 Å². The zero-order valence-corrected chi connectivity index (χ0v) is 12.8. The highest BCUT2D eigenvalue weighted by Crippen LogP contribution is 2.20. The number of thioether (sulfide) groups is 1. The molecule has 1 N–H and O–H groups in total. The Morgan fingerprint density at radius 2 is 1.75 bits per heavy atom. The van der Waals surface area contributed by atoms with Crippen molar-refractivity contribution < 1.29 is 14.7 Å². The summed E-state index contributed by atoms with van der Waals surface area (Å²) in [5.41, 5.74) is 0.297. The van der Waals surface area contributed by atoms with Crippen molar-refractivity contribution in [2.24, 2.45) is 0 Å². The largest absolute Gasteiger partial charge is 0.478 e. The summed E-state index contributed by atoms with van der Waals surface area (Å²) in [6.45, 7) is 5.50. The van der Waals surface area contributed by atoms with E-state index in [2.05, 4.69) is 0 Å². The molecule has 0 radical (unpaired) electrons. The van der Waals surface area contributed by atoms with Gasteiger partial charge in [0.25, 0.3) is 0 Å². The minimum absolute atomic E-state index is 0.205. The molecule has 1 rings (SSSR count). The van der Waals surface area contributed by atoms with Gasteiger partial charge in [0.15, 0.2) is 0 Å². The number of carbonyl (C=O) groups is 2. The third-order valence-corrected chi connectivity index (χ3v) is 4.12. The SMILES string of the molecule is CCN(CC)C(=O)CCCSc1ccc(C(=O)O)cc1. The van der Waals surface area contributed by atoms with Gasteiger partial charge in [0, 0.05) is 24.4 Å². The monoisotopic (exact) mass is 295 g/mol. The molecule has 0 heterocycles. The van der Waals surface area contributed by atoms with E-state index in [9.17, 15) is 9.59 Å². The van der Waals surface area contributed by atoms with E-state index in [-0.39, 0.29) is 5.91 Å². The van der Waals surface area contributed by atoms with Gasteiger partial charge in [-0.05, 0) is 50.3 Å². The first-order valence-electron chi connectivity index (χ1n) is 6.82. The molecule has 0 aliphatic carbocycles. The third-order valence-electron chi connectivity index (χ3n) is 3.02. The maximum absolute atomic E-state index is 11.8. The van der Waals surface area contributed by atoms with Crippen LogP contribution in [0.15, 0.2) is 29.2 Å². The summed E-state index contributed by atoms with van der Waals surface area (Å²) >= 11 is 1.65. The topological polar surface area (TPSA) is 57.6 Å². The number of carbonyl (C=O) groups excluding carboxylic acids is 1. The van der Waals surface area contributed by atoms with Crippen LogP contribution in [0, 0.1) is 0 Å². The number of nitrogens with zero attached hydrogens (tertiary/aromatic N) is 1. The van der Waals surface area contributed by atoms with Crippen molar-refractivity contribution in [2.75, 3.05) is 18.8 Å². The predicted octanol–water partition coefficient (Wildman–Crippen LogP) is 3.13. The van der Waals surface area contributed by atoms with Crippen molar-refractivity contribution in [3.8, 4) is 0 Å². The molecule has 110 valence electrons. The highest BCUT2D eigenvalue weighted by Gasteiger charge is 2.08. The molecule has 1 aromatic carbocycles. The smallest absolute Gasteiger partial charge is 0.335 e. The van der Waals surface area contributed by atoms with Gasteiger partial charge in [-0.2, -0.15) is 0 Å². The number of amides is 1. The minimum Gasteiger partial charge on any atom is -0.478 e. The Hall–Kier alpha value is -1.49. The van der Waals surface area contributed by atoms with Crippen molar-refractivity contribution in [1.82, 2.24) is 4.90 Å². The molecule has 0 spiro atoms. The fourth-order valence-electron chi connectivity index (χ4n) is 1.84. The minimum atomic E-state index is -0.911. The Morgan fingerprint density at radius 3 is 2.25 bits per heavy atom. The Kier molecular flexibility index (Phi) is 7.15. The lowest BCUT2D eigenvalue weighted by Gasteiger charge is -2.18. The van der Waals surface area contributed by atoms with Crippen LogP contribution in [0.4, 0.5) is 0 Å². The van der Waals surface area contributed by atoms with E-state index in [0.29, 0.717) is 12.0 Å². The maximum atomic E-state index is 11.8. The van der Waals surface area contributed by atoms with E-state index in [4.69, 9.17) is 5.11 Å². The summed E-state index contributed by atoms with van der Waals surface area (Å²) < 4.78 is 0. The van der Waals surface area contributed by atoms with Crippen LogP contribution >= 0.6 is 11.8 Å². The molecule has 1 aromatic rings. The van der Waals surface area contributed by atoms with Crippen molar-refractivity contribution >= 4 is 23.6 Å². The van der Waals surface area contributed by atoms with Crippen LogP contribution in [0.5, 0.6) is 0 Å². The molecular weight excluding hydrogens is 274 g/mol. The van der Waals surface area contributed by atoms with E-state index in [0.717, 1.165) is 30.2 Å². The highest BCUT2D eigenvalue weighted by molar-refractivity contribution is 7.99. The summed E-state index contributed by atoms with van der Waals surface area (Å²) in [6.07, 6.45) is 1.41. The van der Waals surface area contributed by atoms with E-state index >= 15 is 0 Å². The zero-order chi connectivity index (χ0) is 15.0. The number of carboxylic acids is 1. The molecule has 1 amide bonds. The van der Waals surface area contributed by atoms with Gasteiger partial charge >= 0.3 is 5.97 Å². The second-order valence-corrected chi connectivity index (χ2v) is 5.52. The summed E-state index contributed by atoms with van der Waals surface area (Å²) in [5, 5.41) is 8.80. The number of benzene rings is 1. The number of carboxylic acid groups (broad SMARTS) is 1. The molecular formula is C15H21NO3S. The van der Waals surface area contributed by atoms with Gasteiger partial charge in [-0.15, -0.1) is 11.8 Å². The van der Waals surface area contributed by atoms with Crippen LogP contribution in [0.2, 0.25) is 0 Å². The molecule has 0 fully saturated rings. The first-order chi connectivity index (χ1) is 9.58. The van der Waals surface area contributed by atoms with E-state index in [1.54, 1.807) is 36.0 Å². The molecule has 0 atom stereocenters. The Labute approximate surface area is 124 Å². The van der Waals surface area contributed by atoms with Crippen LogP contribution < -0.4 is 0 Å². The number of hydrogen-bond acceptors (Lipinski definition) is 3. The van der Waals surface area contributed by atoms with Gasteiger partial charge in [-0.3, -0.25) is 4.79 Å². The van der Waals surface area contributed by atoms with Gasteiger partial charge in [-0.25, -0.2) is 4.79 Å². The average molecular weight is 295 g/mol. The molecule has 20 heavy (non-hydrogen) atoms. The lowest BCUT2D eigenvalue weighted by Crippen LogP contribution is -2.30. The normalized spacial score (nSPS) is 10.3. The van der Waals surface area contributed by atoms with Gasteiger partial charge in [0.2, 0.25) is 5.91 Å². The average Bonchev–Trinajstić information content (AvgIpc) is 2.45. The summed E-state index contributed by atoms with van der Waals surface area (Å²) in [4.78, 5) is 25.4. The lowest BCUT2D eigenvalue weighted by molar-refractivity contribution is -0.130. The molecule has 4 nitrogen and oxygen atoms in total. The number of rotatable bonds is 8. The molecule has 0 aliphatic heterocycles. The van der Waals surface area contributed by atoms with Crippen molar-refractivity contribution in [1.29, 1.82) is 0 Å². The molecule has 5 heteroatoms. The second kappa shape index (κ2) is 8.64. The van der Waals surface area contributed by atoms with Crippen LogP contribution in [0.25, 0.3) is 0 Å². The molecule has 0 bridgehead atoms. The van der Waals surface area contributed by atoms with Crippen LogP contribution in [0.3, 0.4) is 0 Å². The van der Waals surface area contributed by atoms with Gasteiger partial charge < -0.3 is 10.0 Å². The fourth-order valence-corrected chi connectivity index (χ4v) is 2.69. The molecule has 0 aliphatic rings. The predicted molar refractivity (Wildman–Crippen MR) is 81.3 cm³/mol. The van der Waals surface area contributed by atoms with Crippen molar-refractivity contribution in [3.05, 3.63) is 29.8 Å². The Morgan fingerprint density at radius 1 is 1.15 bits per heavy atom. The maximum Gasteiger partial charge on any atom is 0.335 e. The molecule has 0 aromatic heterocycles. The molecule has 0 saturated heterocycles. The number of aromatic carboxylic acids is 1. The van der Waals surface area contributed by atoms with Crippen LogP contribution in [-0.4, -0.2) is 40.7 Å². The summed E-state index contributed by atoms with van der Waals surface area (Å²) in [5.74, 6) is 0.155. The van der Waals surface area contributed by atoms with Crippen LogP contribution in [-0.2, 0) is 4.79 Å². The van der Waals surface area contributed by atoms with Gasteiger partial charge in [0.1, 0.15) is 0 Å². The third kappa shape index (κ3) is 5.25. The Bertz CT molecular complexity index is 441. The quantitative estimate of drug-likeness (QED) is 0.591. The van der Waals surface area contributed by atoms with E-state index < -0.39 is 5.97 Å². The van der Waals surface area contributed by atoms with E-state index in [1.165, 1.54) is 0 Å². The van der Waals surface area contributed by atoms with Crippen LogP contribution in [0.1, 0.15) is 37.0 Å². The zero-order valence-electron chi connectivity index (χ0n) is 12.0. The summed E-state index contributed by atoms with van der Waals surface area (Å²) in [7, 11) is 0. The molecule has 0 unspecified atom stereocenters. The molecule has 0 saturated carbocycles. The Balaban J connectivity index is 2.30. The van der Waals surface area contributed by atoms with Gasteiger partial charge in [0.05, 0.1) is 5.56 Å². The van der Waals surface area contributed by atoms with Crippen molar-refractivity contribution in [2.45, 2.75) is 31.6 Å². The standard InChI is InChI=1S/C15H21NO3S/c1-3-16(4-2)14(17)6-5-11-20-13-9-7-12(8-10-13)15(18)19/h7-10H,3-6,11H2,1-2H3,(H,18,19). The first kappa shape index (κ1) is 16.6. The van der Waals surface area contributed by atoms with Gasteiger partial charge in [-0.1, -0.05) is 0 Å². The first-order valence-corrected chi connectivity index (χ1v) is 7.81.